The lowest BCUT2D eigenvalue weighted by atomic mass is 10.0. The Hall–Kier alpha value is -3.22. The smallest absolute Gasteiger partial charge is 0.124 e. The molecule has 0 amide bonds. The monoisotopic (exact) mass is 453 g/mol. The largest absolute Gasteiger partial charge is 0.390 e. The van der Waals surface area contributed by atoms with Gasteiger partial charge in [-0.05, 0) is 48.9 Å². The summed E-state index contributed by atoms with van der Waals surface area (Å²) in [6, 6.07) is 17.3. The first kappa shape index (κ1) is 21.3. The number of nitrogens with one attached hydrogen (secondary N) is 3. The van der Waals surface area contributed by atoms with Gasteiger partial charge in [0.1, 0.15) is 11.6 Å². The highest BCUT2D eigenvalue weighted by Gasteiger charge is 2.22. The third kappa shape index (κ3) is 4.08. The molecule has 1 atom stereocenters. The Morgan fingerprint density at radius 3 is 2.09 bits per heavy atom. The van der Waals surface area contributed by atoms with Gasteiger partial charge in [-0.25, -0.2) is 9.97 Å². The van der Waals surface area contributed by atoms with Crippen molar-refractivity contribution in [3.05, 3.63) is 72.1 Å². The van der Waals surface area contributed by atoms with Gasteiger partial charge < -0.3 is 20.4 Å². The lowest BCUT2D eigenvalue weighted by Crippen LogP contribution is -2.14. The molecule has 2 aromatic heterocycles. The predicted octanol–water partition coefficient (Wildman–Crippen LogP) is 5.71. The van der Waals surface area contributed by atoms with Crippen molar-refractivity contribution in [2.75, 3.05) is 6.54 Å². The molecule has 4 aromatic rings. The Balaban J connectivity index is 1.20. The first-order chi connectivity index (χ1) is 16.8. The van der Waals surface area contributed by atoms with E-state index in [0.29, 0.717) is 5.92 Å². The molecule has 6 rings (SSSR count). The van der Waals surface area contributed by atoms with Crippen LogP contribution in [0.25, 0.3) is 33.6 Å². The molecule has 2 fully saturated rings. The second-order valence-electron chi connectivity index (χ2n) is 9.57. The third-order valence-electron chi connectivity index (χ3n) is 7.37. The topological polar surface area (TPSA) is 89.6 Å². The lowest BCUT2D eigenvalue weighted by molar-refractivity contribution is 0.277. The van der Waals surface area contributed by atoms with Crippen LogP contribution in [0.4, 0.5) is 0 Å². The number of aliphatic hydroxyl groups is 1. The molecule has 0 unspecified atom stereocenters. The maximum atomic E-state index is 9.85. The lowest BCUT2D eigenvalue weighted by Gasteiger charge is -2.06. The van der Waals surface area contributed by atoms with Gasteiger partial charge >= 0.3 is 0 Å². The fraction of sp³-hybridized carbons (Fsp3) is 0.357. The van der Waals surface area contributed by atoms with Gasteiger partial charge in [-0.1, -0.05) is 61.4 Å². The molecule has 1 aliphatic carbocycles. The molecule has 34 heavy (non-hydrogen) atoms. The van der Waals surface area contributed by atoms with Gasteiger partial charge in [0.05, 0.1) is 35.9 Å². The van der Waals surface area contributed by atoms with Crippen LogP contribution in [0.5, 0.6) is 0 Å². The van der Waals surface area contributed by atoms with Crippen molar-refractivity contribution in [1.82, 2.24) is 25.3 Å². The average Bonchev–Trinajstić information content (AvgIpc) is 3.70. The highest BCUT2D eigenvalue weighted by Crippen LogP contribution is 2.34. The molecule has 3 heterocycles. The maximum Gasteiger partial charge on any atom is 0.124 e. The van der Waals surface area contributed by atoms with Gasteiger partial charge in [0.25, 0.3) is 0 Å². The normalized spacial score (nSPS) is 18.7. The Morgan fingerprint density at radius 2 is 1.44 bits per heavy atom. The van der Waals surface area contributed by atoms with E-state index in [1.54, 1.807) is 0 Å². The zero-order valence-corrected chi connectivity index (χ0v) is 19.3. The number of nitrogens with zero attached hydrogens (tertiary/aromatic N) is 2. The average molecular weight is 454 g/mol. The van der Waals surface area contributed by atoms with Crippen molar-refractivity contribution >= 4 is 0 Å². The summed E-state index contributed by atoms with van der Waals surface area (Å²) >= 11 is 0. The first-order valence-corrected chi connectivity index (χ1v) is 12.5. The summed E-state index contributed by atoms with van der Waals surface area (Å²) in [7, 11) is 0. The van der Waals surface area contributed by atoms with Gasteiger partial charge in [-0.15, -0.1) is 0 Å². The van der Waals surface area contributed by atoms with Gasteiger partial charge in [0, 0.05) is 11.5 Å². The minimum absolute atomic E-state index is 0.0473. The Kier molecular flexibility index (Phi) is 5.77. The summed E-state index contributed by atoms with van der Waals surface area (Å²) in [6.07, 6.45) is 9.33. The first-order valence-electron chi connectivity index (χ1n) is 12.5. The SMILES string of the molecule is OCc1[nH]c([C@@H]2CCCN2)nc1-c1ccc(-c2ccc(-c3cnc(C4CCCC4)[nH]3)cc2)cc1. The van der Waals surface area contributed by atoms with Crippen LogP contribution >= 0.6 is 0 Å². The fourth-order valence-electron chi connectivity index (χ4n) is 5.42. The number of aromatic nitrogens is 4. The second kappa shape index (κ2) is 9.20. The summed E-state index contributed by atoms with van der Waals surface area (Å²) < 4.78 is 0. The summed E-state index contributed by atoms with van der Waals surface area (Å²) in [4.78, 5) is 16.3. The molecule has 6 nitrogen and oxygen atoms in total. The van der Waals surface area contributed by atoms with E-state index in [0.717, 1.165) is 64.8 Å². The van der Waals surface area contributed by atoms with Gasteiger partial charge in [0.15, 0.2) is 0 Å². The quantitative estimate of drug-likeness (QED) is 0.301. The van der Waals surface area contributed by atoms with Crippen LogP contribution in [0.1, 0.15) is 67.8 Å². The Bertz CT molecular complexity index is 1240. The molecule has 2 aliphatic rings. The van der Waals surface area contributed by atoms with Crippen LogP contribution in [-0.2, 0) is 6.61 Å². The highest BCUT2D eigenvalue weighted by molar-refractivity contribution is 5.72. The maximum absolute atomic E-state index is 9.85. The zero-order valence-electron chi connectivity index (χ0n) is 19.3. The van der Waals surface area contributed by atoms with Crippen molar-refractivity contribution in [3.63, 3.8) is 0 Å². The second-order valence-corrected chi connectivity index (χ2v) is 9.57. The third-order valence-corrected chi connectivity index (χ3v) is 7.37. The van der Waals surface area contributed by atoms with Gasteiger partial charge in [-0.2, -0.15) is 0 Å². The number of aromatic amines is 2. The van der Waals surface area contributed by atoms with Crippen LogP contribution in [0.3, 0.4) is 0 Å². The molecule has 1 saturated heterocycles. The number of H-pyrrole nitrogens is 2. The Morgan fingerprint density at radius 1 is 0.765 bits per heavy atom. The van der Waals surface area contributed by atoms with E-state index in [1.165, 1.54) is 31.2 Å². The number of benzene rings is 2. The van der Waals surface area contributed by atoms with E-state index in [2.05, 4.69) is 68.8 Å². The van der Waals surface area contributed by atoms with E-state index >= 15 is 0 Å². The van der Waals surface area contributed by atoms with Crippen molar-refractivity contribution in [2.45, 2.75) is 57.1 Å². The summed E-state index contributed by atoms with van der Waals surface area (Å²) in [6.45, 7) is 0.971. The molecule has 4 N–H and O–H groups in total. The molecular weight excluding hydrogens is 422 g/mol. The van der Waals surface area contributed by atoms with Crippen molar-refractivity contribution in [3.8, 4) is 33.6 Å². The van der Waals surface area contributed by atoms with E-state index in [-0.39, 0.29) is 12.6 Å². The summed E-state index contributed by atoms with van der Waals surface area (Å²) in [5, 5.41) is 13.3. The molecule has 2 aromatic carbocycles. The molecule has 174 valence electrons. The van der Waals surface area contributed by atoms with Crippen LogP contribution < -0.4 is 5.32 Å². The number of hydrogen-bond donors (Lipinski definition) is 4. The van der Waals surface area contributed by atoms with Crippen LogP contribution in [-0.4, -0.2) is 31.6 Å². The predicted molar refractivity (Wildman–Crippen MR) is 134 cm³/mol. The minimum Gasteiger partial charge on any atom is -0.390 e. The van der Waals surface area contributed by atoms with E-state index in [1.807, 2.05) is 6.20 Å². The molecule has 1 aliphatic heterocycles. The summed E-state index contributed by atoms with van der Waals surface area (Å²) in [5.41, 5.74) is 7.21. The number of rotatable bonds is 6. The fourth-order valence-corrected chi connectivity index (χ4v) is 5.42. The molecule has 6 heteroatoms. The molecular formula is C28H31N5O. The van der Waals surface area contributed by atoms with Crippen molar-refractivity contribution in [2.24, 2.45) is 0 Å². The van der Waals surface area contributed by atoms with E-state index in [9.17, 15) is 5.11 Å². The van der Waals surface area contributed by atoms with Crippen molar-refractivity contribution in [1.29, 1.82) is 0 Å². The summed E-state index contributed by atoms with van der Waals surface area (Å²) in [5.74, 6) is 2.66. The molecule has 0 spiro atoms. The molecule has 1 saturated carbocycles. The van der Waals surface area contributed by atoms with Gasteiger partial charge in [-0.3, -0.25) is 0 Å². The molecule has 0 radical (unpaired) electrons. The van der Waals surface area contributed by atoms with Crippen LogP contribution in [0, 0.1) is 0 Å². The standard InChI is InChI=1S/C28H31N5O/c34-17-25-26(33-28(32-25)23-6-3-15-29-23)21-13-9-19(10-14-21)18-7-11-20(12-8-18)24-16-30-27(31-24)22-4-1-2-5-22/h7-14,16,22-23,29,34H,1-6,15,17H2,(H,30,31)(H,32,33)/t23-/m0/s1. The highest BCUT2D eigenvalue weighted by atomic mass is 16.3. The minimum atomic E-state index is -0.0473. The van der Waals surface area contributed by atoms with E-state index in [4.69, 9.17) is 4.98 Å². The zero-order chi connectivity index (χ0) is 22.9. The number of imidazole rings is 2. The Labute approximate surface area is 199 Å². The molecule has 0 bridgehead atoms. The number of aliphatic hydroxyl groups excluding tert-OH is 1. The number of hydrogen-bond acceptors (Lipinski definition) is 4. The van der Waals surface area contributed by atoms with Crippen LogP contribution in [0.15, 0.2) is 54.7 Å². The van der Waals surface area contributed by atoms with E-state index < -0.39 is 0 Å². The van der Waals surface area contributed by atoms with Crippen molar-refractivity contribution < 1.29 is 5.11 Å². The van der Waals surface area contributed by atoms with Gasteiger partial charge in [0.2, 0.25) is 0 Å². The van der Waals surface area contributed by atoms with Crippen LogP contribution in [0.2, 0.25) is 0 Å².